The molecule has 0 saturated heterocycles. The molecule has 2 aliphatic heterocycles. The number of carboxylic acid groups (broad SMARTS) is 6. The minimum Gasteiger partial charge on any atom is -0.480 e. The van der Waals surface area contributed by atoms with Crippen LogP contribution in [0.15, 0.2) is 48.5 Å². The van der Waals surface area contributed by atoms with Gasteiger partial charge in [0.05, 0.1) is 0 Å². The lowest BCUT2D eigenvalue weighted by Gasteiger charge is -2.36. The van der Waals surface area contributed by atoms with E-state index in [4.69, 9.17) is 0 Å². The van der Waals surface area contributed by atoms with Crippen LogP contribution in [0.2, 0.25) is 0 Å². The predicted octanol–water partition coefficient (Wildman–Crippen LogP) is 0.162. The Bertz CT molecular complexity index is 1760. The number of hydrogen-bond acceptors (Lipinski definition) is 14. The Kier molecular flexibility index (Phi) is 19.4. The zero-order valence-electron chi connectivity index (χ0n) is 36.5. The van der Waals surface area contributed by atoms with Crippen molar-refractivity contribution in [1.29, 1.82) is 0 Å². The molecule has 0 spiro atoms. The third kappa shape index (κ3) is 15.0. The summed E-state index contributed by atoms with van der Waals surface area (Å²) in [6.45, 7) is 8.89. The van der Waals surface area contributed by atoms with E-state index < -0.39 is 72.1 Å². The summed E-state index contributed by atoms with van der Waals surface area (Å²) < 4.78 is 0. The molecule has 63 heavy (non-hydrogen) atoms. The van der Waals surface area contributed by atoms with E-state index in [0.717, 1.165) is 22.3 Å². The van der Waals surface area contributed by atoms with Gasteiger partial charge < -0.3 is 41.3 Å². The second-order valence-corrected chi connectivity index (χ2v) is 16.4. The summed E-state index contributed by atoms with van der Waals surface area (Å²) in [5, 5.41) is 66.7. The van der Waals surface area contributed by atoms with Crippen molar-refractivity contribution in [2.45, 2.75) is 90.1 Å². The van der Waals surface area contributed by atoms with Crippen LogP contribution in [-0.2, 0) is 54.9 Å². The number of benzene rings is 2. The Morgan fingerprint density at radius 2 is 0.683 bits per heavy atom. The monoisotopic (exact) mass is 884 g/mol. The van der Waals surface area contributed by atoms with E-state index in [0.29, 0.717) is 13.1 Å². The second-order valence-electron chi connectivity index (χ2n) is 16.4. The van der Waals surface area contributed by atoms with Crippen molar-refractivity contribution in [2.75, 3.05) is 72.1 Å². The molecule has 20 heteroatoms. The van der Waals surface area contributed by atoms with Crippen LogP contribution in [0.1, 0.15) is 49.9 Å². The van der Waals surface area contributed by atoms with Crippen LogP contribution >= 0.6 is 0 Å². The van der Waals surface area contributed by atoms with Gasteiger partial charge in [0.25, 0.3) is 0 Å². The molecule has 8 N–H and O–H groups in total. The Labute approximate surface area is 367 Å². The molecule has 348 valence electrons. The van der Waals surface area contributed by atoms with Crippen LogP contribution in [0.5, 0.6) is 0 Å². The predicted molar refractivity (Wildman–Crippen MR) is 230 cm³/mol. The fraction of sp³-hybridized carbons (Fsp3) is 0.581. The minimum atomic E-state index is -1.12. The SMILES string of the molecule is CC(C(=O)O)N1CCN(C(C)C(=O)O)Cc2cccc(c2)CN(C(CNCNCC(C(=O)O)N2CCN(C(C)C(=O)O)CCN(C(C)C(=O)O)Cc3cccc(c3)C2)C(=O)O)CC1. The number of carboxylic acids is 6. The van der Waals surface area contributed by atoms with Gasteiger partial charge >= 0.3 is 35.8 Å². The maximum absolute atomic E-state index is 12.9. The smallest absolute Gasteiger partial charge is 0.322 e. The summed E-state index contributed by atoms with van der Waals surface area (Å²) in [4.78, 5) is 84.4. The third-order valence-corrected chi connectivity index (χ3v) is 12.2. The van der Waals surface area contributed by atoms with E-state index in [-0.39, 0.29) is 85.2 Å². The van der Waals surface area contributed by atoms with Gasteiger partial charge in [-0.05, 0) is 49.9 Å². The van der Waals surface area contributed by atoms with E-state index >= 15 is 0 Å². The van der Waals surface area contributed by atoms with Gasteiger partial charge in [-0.25, -0.2) is 0 Å². The average Bonchev–Trinajstić information content (AvgIpc) is 3.22. The van der Waals surface area contributed by atoms with E-state index in [1.54, 1.807) is 57.1 Å². The summed E-state index contributed by atoms with van der Waals surface area (Å²) in [5.74, 6) is -6.36. The van der Waals surface area contributed by atoms with E-state index in [9.17, 15) is 59.4 Å². The topological polar surface area (TPSA) is 267 Å². The van der Waals surface area contributed by atoms with E-state index in [1.807, 2.05) is 48.5 Å². The number of nitrogens with zero attached hydrogens (tertiary/aromatic N) is 6. The van der Waals surface area contributed by atoms with Gasteiger partial charge in [0.15, 0.2) is 0 Å². The van der Waals surface area contributed by atoms with Gasteiger partial charge in [-0.3, -0.25) is 58.2 Å². The summed E-state index contributed by atoms with van der Waals surface area (Å²) in [6, 6.07) is 9.29. The molecule has 2 aromatic carbocycles. The fourth-order valence-electron chi connectivity index (χ4n) is 8.00. The largest absolute Gasteiger partial charge is 0.480 e. The zero-order valence-corrected chi connectivity index (χ0v) is 36.5. The maximum Gasteiger partial charge on any atom is 0.322 e. The maximum atomic E-state index is 12.9. The summed E-state index contributed by atoms with van der Waals surface area (Å²) in [5.41, 5.74) is 3.24. The quantitative estimate of drug-likeness (QED) is 0.0732. The molecule has 4 rings (SSSR count). The average molecular weight is 885 g/mol. The first kappa shape index (κ1) is 50.6. The van der Waals surface area contributed by atoms with Gasteiger partial charge in [0.2, 0.25) is 0 Å². The summed E-state index contributed by atoms with van der Waals surface area (Å²) in [6.07, 6.45) is 0. The molecule has 2 heterocycles. The Hall–Kier alpha value is -5.06. The van der Waals surface area contributed by atoms with E-state index in [2.05, 4.69) is 10.6 Å². The van der Waals surface area contributed by atoms with Crippen molar-refractivity contribution in [1.82, 2.24) is 40.0 Å². The zero-order chi connectivity index (χ0) is 46.4. The van der Waals surface area contributed by atoms with Gasteiger partial charge in [0, 0.05) is 98.3 Å². The van der Waals surface area contributed by atoms with Crippen molar-refractivity contribution < 1.29 is 59.4 Å². The summed E-state index contributed by atoms with van der Waals surface area (Å²) >= 11 is 0. The Morgan fingerprint density at radius 1 is 0.429 bits per heavy atom. The number of fused-ring (bicyclic) bond motifs is 4. The molecule has 2 aliphatic rings. The molecule has 4 bridgehead atoms. The van der Waals surface area contributed by atoms with Crippen molar-refractivity contribution in [3.05, 3.63) is 70.8 Å². The number of rotatable bonds is 18. The molecule has 6 unspecified atom stereocenters. The highest BCUT2D eigenvalue weighted by Crippen LogP contribution is 2.19. The van der Waals surface area contributed by atoms with Crippen LogP contribution in [-0.4, -0.2) is 204 Å². The molecule has 0 radical (unpaired) electrons. The standard InChI is InChI=1S/C43H64N8O12/c1-28(38(52)53)46-11-15-48(30(3)40(56)57)23-32-7-5-9-34(19-32)25-50(17-13-46)36(42(60)61)21-44-27-45-22-37(43(62)63)51-18-14-47(29(2)39(54)55)12-16-49(31(4)41(58)59)24-33-8-6-10-35(20-33)26-51/h5-10,19-20,28-31,36-37,44-45H,11-18,21-27H2,1-4H3,(H,52,53)(H,54,55)(H,56,57)(H,58,59)(H,60,61)(H,62,63). The molecule has 0 aromatic heterocycles. The number of nitrogens with one attached hydrogen (secondary N) is 2. The Morgan fingerprint density at radius 3 is 0.968 bits per heavy atom. The van der Waals surface area contributed by atoms with Gasteiger partial charge in [0.1, 0.15) is 36.3 Å². The highest BCUT2D eigenvalue weighted by Gasteiger charge is 2.32. The van der Waals surface area contributed by atoms with Gasteiger partial charge in [-0.1, -0.05) is 48.5 Å². The molecule has 0 saturated carbocycles. The normalized spacial score (nSPS) is 20.3. The molecule has 2 aromatic rings. The van der Waals surface area contributed by atoms with Crippen molar-refractivity contribution >= 4 is 35.8 Å². The lowest BCUT2D eigenvalue weighted by Crippen LogP contribution is -2.54. The number of aliphatic carboxylic acids is 6. The highest BCUT2D eigenvalue weighted by molar-refractivity contribution is 5.75. The lowest BCUT2D eigenvalue weighted by molar-refractivity contribution is -0.146. The summed E-state index contributed by atoms with van der Waals surface area (Å²) in [7, 11) is 0. The first-order valence-electron chi connectivity index (χ1n) is 21.2. The molecule has 0 fully saturated rings. The molecular weight excluding hydrogens is 821 g/mol. The van der Waals surface area contributed by atoms with Crippen LogP contribution in [0.3, 0.4) is 0 Å². The molecular formula is C43H64N8O12. The first-order valence-corrected chi connectivity index (χ1v) is 21.2. The highest BCUT2D eigenvalue weighted by atomic mass is 16.4. The molecule has 0 amide bonds. The van der Waals surface area contributed by atoms with E-state index in [1.165, 1.54) is 0 Å². The lowest BCUT2D eigenvalue weighted by atomic mass is 10.1. The Balaban J connectivity index is 1.50. The van der Waals surface area contributed by atoms with Crippen LogP contribution < -0.4 is 10.6 Å². The van der Waals surface area contributed by atoms with Gasteiger partial charge in [-0.2, -0.15) is 0 Å². The fourth-order valence-corrected chi connectivity index (χ4v) is 8.00. The minimum absolute atomic E-state index is 0.0414. The van der Waals surface area contributed by atoms with Crippen LogP contribution in [0.4, 0.5) is 0 Å². The van der Waals surface area contributed by atoms with Crippen LogP contribution in [0.25, 0.3) is 0 Å². The molecule has 6 atom stereocenters. The van der Waals surface area contributed by atoms with Gasteiger partial charge in [-0.15, -0.1) is 0 Å². The third-order valence-electron chi connectivity index (χ3n) is 12.2. The number of carbonyl (C=O) groups is 6. The number of hydrogen-bond donors (Lipinski definition) is 8. The molecule has 0 aliphatic carbocycles. The van der Waals surface area contributed by atoms with Crippen molar-refractivity contribution in [2.24, 2.45) is 0 Å². The van der Waals surface area contributed by atoms with Crippen molar-refractivity contribution in [3.63, 3.8) is 0 Å². The second kappa shape index (κ2) is 24.1. The van der Waals surface area contributed by atoms with Crippen molar-refractivity contribution in [3.8, 4) is 0 Å². The first-order chi connectivity index (χ1) is 29.9. The van der Waals surface area contributed by atoms with Crippen LogP contribution in [0, 0.1) is 0 Å². The molecule has 20 nitrogen and oxygen atoms in total.